The van der Waals surface area contributed by atoms with Crippen LogP contribution in [-0.4, -0.2) is 29.4 Å². The molecule has 0 bridgehead atoms. The van der Waals surface area contributed by atoms with Crippen molar-refractivity contribution in [3.63, 3.8) is 0 Å². The quantitative estimate of drug-likeness (QED) is 0.537. The fourth-order valence-electron chi connectivity index (χ4n) is 1.75. The zero-order chi connectivity index (χ0) is 11.8. The molecule has 2 nitrogen and oxygen atoms in total. The van der Waals surface area contributed by atoms with Crippen molar-refractivity contribution >= 4 is 11.6 Å². The third-order valence-corrected chi connectivity index (χ3v) is 2.82. The van der Waals surface area contributed by atoms with Crippen LogP contribution >= 0.6 is 11.6 Å². The molecule has 3 heteroatoms. The number of alkyl halides is 1. The number of halogens is 1. The standard InChI is InChI=1S/C13H21ClN2/c1-12-8-13(10-15-9-12)11-16(2)7-5-3-4-6-14/h8-10H,3-7,11H2,1-2H3. The van der Waals surface area contributed by atoms with Crippen LogP contribution in [0.2, 0.25) is 0 Å². The minimum Gasteiger partial charge on any atom is -0.302 e. The van der Waals surface area contributed by atoms with E-state index >= 15 is 0 Å². The molecular formula is C13H21ClN2. The second-order valence-corrected chi connectivity index (χ2v) is 4.74. The predicted octanol–water partition coefficient (Wildman–Crippen LogP) is 3.23. The Labute approximate surface area is 104 Å². The van der Waals surface area contributed by atoms with Gasteiger partial charge in [-0.1, -0.05) is 12.5 Å². The Morgan fingerprint density at radius 2 is 2.06 bits per heavy atom. The molecule has 0 spiro atoms. The molecule has 0 amide bonds. The fourth-order valence-corrected chi connectivity index (χ4v) is 1.94. The molecule has 1 heterocycles. The minimum absolute atomic E-state index is 0.783. The lowest BCUT2D eigenvalue weighted by Gasteiger charge is -2.16. The highest BCUT2D eigenvalue weighted by Crippen LogP contribution is 2.06. The smallest absolute Gasteiger partial charge is 0.0313 e. The Morgan fingerprint density at radius 1 is 1.25 bits per heavy atom. The Bertz CT molecular complexity index is 302. The van der Waals surface area contributed by atoms with Gasteiger partial charge in [-0.25, -0.2) is 0 Å². The monoisotopic (exact) mass is 240 g/mol. The number of hydrogen-bond acceptors (Lipinski definition) is 2. The average molecular weight is 241 g/mol. The summed E-state index contributed by atoms with van der Waals surface area (Å²) in [6, 6.07) is 2.20. The molecule has 90 valence electrons. The number of pyridine rings is 1. The molecule has 1 rings (SSSR count). The van der Waals surface area contributed by atoms with Crippen LogP contribution in [0.15, 0.2) is 18.5 Å². The topological polar surface area (TPSA) is 16.1 Å². The first-order valence-corrected chi connectivity index (χ1v) is 6.41. The Kier molecular flexibility index (Phi) is 6.43. The lowest BCUT2D eigenvalue weighted by atomic mass is 10.2. The second kappa shape index (κ2) is 7.64. The average Bonchev–Trinajstić information content (AvgIpc) is 2.24. The maximum Gasteiger partial charge on any atom is 0.0313 e. The molecule has 0 aromatic carbocycles. The van der Waals surface area contributed by atoms with Gasteiger partial charge >= 0.3 is 0 Å². The summed E-state index contributed by atoms with van der Waals surface area (Å²) in [5.41, 5.74) is 2.52. The van der Waals surface area contributed by atoms with E-state index in [0.717, 1.165) is 25.4 Å². The van der Waals surface area contributed by atoms with Gasteiger partial charge in [0.15, 0.2) is 0 Å². The van der Waals surface area contributed by atoms with Gasteiger partial charge in [-0.2, -0.15) is 0 Å². The number of rotatable bonds is 7. The van der Waals surface area contributed by atoms with Gasteiger partial charge in [0.05, 0.1) is 0 Å². The van der Waals surface area contributed by atoms with Gasteiger partial charge in [-0.3, -0.25) is 4.98 Å². The van der Waals surface area contributed by atoms with E-state index in [0.29, 0.717) is 0 Å². The van der Waals surface area contributed by atoms with E-state index in [2.05, 4.69) is 29.9 Å². The van der Waals surface area contributed by atoms with Gasteiger partial charge in [0.1, 0.15) is 0 Å². The maximum absolute atomic E-state index is 5.64. The van der Waals surface area contributed by atoms with Crippen molar-refractivity contribution in [3.05, 3.63) is 29.6 Å². The van der Waals surface area contributed by atoms with Crippen molar-refractivity contribution in [2.24, 2.45) is 0 Å². The molecule has 0 aliphatic rings. The second-order valence-electron chi connectivity index (χ2n) is 4.36. The minimum atomic E-state index is 0.783. The molecule has 0 fully saturated rings. The van der Waals surface area contributed by atoms with Gasteiger partial charge in [-0.05, 0) is 44.5 Å². The first-order chi connectivity index (χ1) is 7.72. The highest BCUT2D eigenvalue weighted by molar-refractivity contribution is 6.17. The van der Waals surface area contributed by atoms with E-state index in [9.17, 15) is 0 Å². The van der Waals surface area contributed by atoms with Gasteiger partial charge in [-0.15, -0.1) is 11.6 Å². The number of unbranched alkanes of at least 4 members (excludes halogenated alkanes) is 2. The lowest BCUT2D eigenvalue weighted by Crippen LogP contribution is -2.19. The van der Waals surface area contributed by atoms with Crippen LogP contribution in [0.25, 0.3) is 0 Å². The number of aryl methyl sites for hydroxylation is 1. The van der Waals surface area contributed by atoms with Crippen molar-refractivity contribution < 1.29 is 0 Å². The molecular weight excluding hydrogens is 220 g/mol. The summed E-state index contributed by atoms with van der Waals surface area (Å²) < 4.78 is 0. The van der Waals surface area contributed by atoms with Crippen LogP contribution in [0.4, 0.5) is 0 Å². The van der Waals surface area contributed by atoms with Crippen LogP contribution in [0.3, 0.4) is 0 Å². The summed E-state index contributed by atoms with van der Waals surface area (Å²) in [6.45, 7) is 4.19. The summed E-state index contributed by atoms with van der Waals surface area (Å²) >= 11 is 5.64. The molecule has 0 saturated heterocycles. The first kappa shape index (κ1) is 13.5. The van der Waals surface area contributed by atoms with Crippen molar-refractivity contribution in [2.75, 3.05) is 19.5 Å². The Morgan fingerprint density at radius 3 is 2.75 bits per heavy atom. The molecule has 1 aromatic rings. The van der Waals surface area contributed by atoms with Gasteiger partial charge in [0.2, 0.25) is 0 Å². The molecule has 0 aliphatic heterocycles. The molecule has 0 atom stereocenters. The maximum atomic E-state index is 5.64. The van der Waals surface area contributed by atoms with Crippen molar-refractivity contribution in [3.8, 4) is 0 Å². The summed E-state index contributed by atoms with van der Waals surface area (Å²) in [5, 5.41) is 0. The number of hydrogen-bond donors (Lipinski definition) is 0. The van der Waals surface area contributed by atoms with E-state index in [1.165, 1.54) is 24.0 Å². The van der Waals surface area contributed by atoms with E-state index < -0.39 is 0 Å². The number of nitrogens with zero attached hydrogens (tertiary/aromatic N) is 2. The van der Waals surface area contributed by atoms with Crippen molar-refractivity contribution in [2.45, 2.75) is 32.7 Å². The molecule has 0 unspecified atom stereocenters. The Hall–Kier alpha value is -0.600. The summed E-state index contributed by atoms with van der Waals surface area (Å²) in [5.74, 6) is 0.783. The van der Waals surface area contributed by atoms with Crippen LogP contribution < -0.4 is 0 Å². The van der Waals surface area contributed by atoms with E-state index in [-0.39, 0.29) is 0 Å². The van der Waals surface area contributed by atoms with E-state index in [1.54, 1.807) is 0 Å². The molecule has 0 saturated carbocycles. The zero-order valence-corrected chi connectivity index (χ0v) is 11.0. The number of aromatic nitrogens is 1. The van der Waals surface area contributed by atoms with Crippen molar-refractivity contribution in [1.82, 2.24) is 9.88 Å². The van der Waals surface area contributed by atoms with Crippen LogP contribution in [-0.2, 0) is 6.54 Å². The zero-order valence-electron chi connectivity index (χ0n) is 10.2. The largest absolute Gasteiger partial charge is 0.302 e. The first-order valence-electron chi connectivity index (χ1n) is 5.87. The highest BCUT2D eigenvalue weighted by atomic mass is 35.5. The van der Waals surface area contributed by atoms with Crippen molar-refractivity contribution in [1.29, 1.82) is 0 Å². The Balaban J connectivity index is 2.25. The molecule has 0 N–H and O–H groups in total. The normalized spacial score (nSPS) is 11.0. The van der Waals surface area contributed by atoms with E-state index in [1.807, 2.05) is 12.4 Å². The SMILES string of the molecule is Cc1cncc(CN(C)CCCCCCl)c1. The lowest BCUT2D eigenvalue weighted by molar-refractivity contribution is 0.318. The summed E-state index contributed by atoms with van der Waals surface area (Å²) in [6.07, 6.45) is 7.41. The molecule has 0 aliphatic carbocycles. The summed E-state index contributed by atoms with van der Waals surface area (Å²) in [7, 11) is 2.16. The van der Waals surface area contributed by atoms with Crippen LogP contribution in [0, 0.1) is 6.92 Å². The third-order valence-electron chi connectivity index (χ3n) is 2.56. The predicted molar refractivity (Wildman–Crippen MR) is 69.9 cm³/mol. The highest BCUT2D eigenvalue weighted by Gasteiger charge is 2.00. The summed E-state index contributed by atoms with van der Waals surface area (Å²) in [4.78, 5) is 6.54. The fraction of sp³-hybridized carbons (Fsp3) is 0.615. The van der Waals surface area contributed by atoms with Gasteiger partial charge in [0, 0.05) is 24.8 Å². The van der Waals surface area contributed by atoms with E-state index in [4.69, 9.17) is 11.6 Å². The van der Waals surface area contributed by atoms with Gasteiger partial charge < -0.3 is 4.90 Å². The van der Waals surface area contributed by atoms with Crippen LogP contribution in [0.5, 0.6) is 0 Å². The van der Waals surface area contributed by atoms with Crippen LogP contribution in [0.1, 0.15) is 30.4 Å². The third kappa shape index (κ3) is 5.47. The molecule has 1 aromatic heterocycles. The van der Waals surface area contributed by atoms with Gasteiger partial charge in [0.25, 0.3) is 0 Å². The molecule has 0 radical (unpaired) electrons. The molecule has 16 heavy (non-hydrogen) atoms.